The van der Waals surface area contributed by atoms with Crippen molar-refractivity contribution in [2.24, 2.45) is 5.92 Å². The third-order valence-electron chi connectivity index (χ3n) is 3.06. The Morgan fingerprint density at radius 3 is 2.62 bits per heavy atom. The molecule has 4 heteroatoms. The number of ether oxygens (including phenoxy) is 2. The van der Waals surface area contributed by atoms with Gasteiger partial charge in [-0.25, -0.2) is 0 Å². The van der Waals surface area contributed by atoms with Crippen molar-refractivity contribution in [3.05, 3.63) is 48.0 Å². The van der Waals surface area contributed by atoms with Crippen LogP contribution in [-0.4, -0.2) is 25.0 Å². The number of rotatable bonds is 9. The van der Waals surface area contributed by atoms with Gasteiger partial charge in [0.2, 0.25) is 0 Å². The van der Waals surface area contributed by atoms with Crippen molar-refractivity contribution in [3.8, 4) is 0 Å². The first-order valence-electron chi connectivity index (χ1n) is 7.04. The molecule has 21 heavy (non-hydrogen) atoms. The van der Waals surface area contributed by atoms with E-state index < -0.39 is 0 Å². The van der Waals surface area contributed by atoms with Gasteiger partial charge >= 0.3 is 5.97 Å². The van der Waals surface area contributed by atoms with E-state index in [-0.39, 0.29) is 18.0 Å². The Morgan fingerprint density at radius 2 is 2.00 bits per heavy atom. The van der Waals surface area contributed by atoms with Crippen LogP contribution < -0.4 is 0 Å². The summed E-state index contributed by atoms with van der Waals surface area (Å²) in [5.41, 5.74) is 1.11. The number of hydrogen-bond donors (Lipinski definition) is 0. The summed E-state index contributed by atoms with van der Waals surface area (Å²) in [5.74, 6) is -0.353. The first-order valence-corrected chi connectivity index (χ1v) is 7.04. The Labute approximate surface area is 125 Å². The average Bonchev–Trinajstić information content (AvgIpc) is 2.48. The maximum atomic E-state index is 11.1. The topological polar surface area (TPSA) is 52.6 Å². The molecule has 0 aliphatic rings. The van der Waals surface area contributed by atoms with E-state index in [1.165, 1.54) is 13.0 Å². The molecule has 114 valence electrons. The van der Waals surface area contributed by atoms with Crippen LogP contribution in [0.2, 0.25) is 0 Å². The highest BCUT2D eigenvalue weighted by Gasteiger charge is 2.18. The van der Waals surface area contributed by atoms with Crippen LogP contribution in [0.4, 0.5) is 0 Å². The van der Waals surface area contributed by atoms with Crippen molar-refractivity contribution < 1.29 is 19.1 Å². The minimum atomic E-state index is -0.325. The van der Waals surface area contributed by atoms with Gasteiger partial charge in [-0.2, -0.15) is 0 Å². The molecule has 0 fully saturated rings. The number of allylic oxidation sites excluding steroid dienone is 1. The van der Waals surface area contributed by atoms with Crippen LogP contribution in [0.25, 0.3) is 0 Å². The summed E-state index contributed by atoms with van der Waals surface area (Å²) >= 11 is 0. The molecular formula is C17H22O4. The van der Waals surface area contributed by atoms with Gasteiger partial charge in [0.05, 0.1) is 13.2 Å². The van der Waals surface area contributed by atoms with Crippen molar-refractivity contribution >= 4 is 12.3 Å². The van der Waals surface area contributed by atoms with Crippen LogP contribution in [-0.2, 0) is 25.7 Å². The standard InChI is InChI=1S/C17H22O4/c1-14(7-6-11-18)17(21-15(2)19)10-12-20-13-16-8-4-3-5-9-16/h3-9,11,14,17H,10,12-13H2,1-2H3/b7-6+/t14-,17-/m1/s1. The zero-order valence-corrected chi connectivity index (χ0v) is 12.5. The molecule has 0 saturated carbocycles. The van der Waals surface area contributed by atoms with Gasteiger partial charge in [-0.15, -0.1) is 0 Å². The predicted octanol–water partition coefficient (Wildman–Crippen LogP) is 2.92. The SMILES string of the molecule is CC(=O)O[C@H](CCOCc1ccccc1)[C@H](C)/C=C/C=O. The summed E-state index contributed by atoms with van der Waals surface area (Å²) in [6.45, 7) is 4.32. The molecule has 0 aliphatic carbocycles. The Morgan fingerprint density at radius 1 is 1.29 bits per heavy atom. The third kappa shape index (κ3) is 7.42. The molecule has 0 heterocycles. The second-order valence-electron chi connectivity index (χ2n) is 4.85. The van der Waals surface area contributed by atoms with Crippen LogP contribution in [0.3, 0.4) is 0 Å². The van der Waals surface area contributed by atoms with Gasteiger partial charge in [-0.1, -0.05) is 43.3 Å². The van der Waals surface area contributed by atoms with Crippen LogP contribution >= 0.6 is 0 Å². The normalized spacial score (nSPS) is 13.8. The lowest BCUT2D eigenvalue weighted by Crippen LogP contribution is -2.24. The lowest BCUT2D eigenvalue weighted by Gasteiger charge is -2.21. The average molecular weight is 290 g/mol. The van der Waals surface area contributed by atoms with Gasteiger partial charge in [-0.3, -0.25) is 9.59 Å². The first kappa shape index (κ1) is 17.1. The molecule has 1 aromatic carbocycles. The van der Waals surface area contributed by atoms with Crippen LogP contribution in [0, 0.1) is 5.92 Å². The zero-order chi connectivity index (χ0) is 15.5. The summed E-state index contributed by atoms with van der Waals surface area (Å²) in [4.78, 5) is 21.5. The summed E-state index contributed by atoms with van der Waals surface area (Å²) in [5, 5.41) is 0. The summed E-state index contributed by atoms with van der Waals surface area (Å²) in [6.07, 6.45) is 4.18. The highest BCUT2D eigenvalue weighted by molar-refractivity contribution is 5.66. The number of esters is 1. The molecule has 0 amide bonds. The largest absolute Gasteiger partial charge is 0.462 e. The molecule has 4 nitrogen and oxygen atoms in total. The van der Waals surface area contributed by atoms with Gasteiger partial charge in [-0.05, 0) is 11.6 Å². The molecule has 0 spiro atoms. The summed E-state index contributed by atoms with van der Waals surface area (Å²) in [7, 11) is 0. The van der Waals surface area contributed by atoms with Crippen LogP contribution in [0.1, 0.15) is 25.8 Å². The van der Waals surface area contributed by atoms with E-state index in [0.29, 0.717) is 25.9 Å². The molecule has 0 bridgehead atoms. The first-order chi connectivity index (χ1) is 10.1. The van der Waals surface area contributed by atoms with Crippen molar-refractivity contribution in [3.63, 3.8) is 0 Å². The molecule has 0 N–H and O–H groups in total. The summed E-state index contributed by atoms with van der Waals surface area (Å²) < 4.78 is 10.9. The summed E-state index contributed by atoms with van der Waals surface area (Å²) in [6, 6.07) is 9.89. The Bertz CT molecular complexity index is 453. The van der Waals surface area contributed by atoms with E-state index in [4.69, 9.17) is 9.47 Å². The smallest absolute Gasteiger partial charge is 0.302 e. The van der Waals surface area contributed by atoms with Gasteiger partial charge in [0, 0.05) is 19.3 Å². The quantitative estimate of drug-likeness (QED) is 0.304. The van der Waals surface area contributed by atoms with Crippen molar-refractivity contribution in [2.45, 2.75) is 33.0 Å². The molecule has 0 aliphatic heterocycles. The fourth-order valence-electron chi connectivity index (χ4n) is 1.95. The number of carbonyl (C=O) groups excluding carboxylic acids is 2. The van der Waals surface area contributed by atoms with E-state index in [2.05, 4.69) is 0 Å². The van der Waals surface area contributed by atoms with E-state index in [0.717, 1.165) is 5.56 Å². The number of hydrogen-bond acceptors (Lipinski definition) is 4. The molecule has 0 aromatic heterocycles. The van der Waals surface area contributed by atoms with Gasteiger partial charge in [0.25, 0.3) is 0 Å². The van der Waals surface area contributed by atoms with E-state index in [1.807, 2.05) is 37.3 Å². The fraction of sp³-hybridized carbons (Fsp3) is 0.412. The molecule has 0 saturated heterocycles. The van der Waals surface area contributed by atoms with E-state index >= 15 is 0 Å². The van der Waals surface area contributed by atoms with E-state index in [1.54, 1.807) is 6.08 Å². The Hall–Kier alpha value is -1.94. The molecule has 1 rings (SSSR count). The number of aldehydes is 1. The highest BCUT2D eigenvalue weighted by atomic mass is 16.5. The van der Waals surface area contributed by atoms with Crippen LogP contribution in [0.15, 0.2) is 42.5 Å². The maximum Gasteiger partial charge on any atom is 0.302 e. The Kier molecular flexibility index (Phi) is 8.05. The minimum absolute atomic E-state index is 0.0283. The second-order valence-corrected chi connectivity index (χ2v) is 4.85. The number of carbonyl (C=O) groups is 2. The minimum Gasteiger partial charge on any atom is -0.462 e. The molecule has 2 atom stereocenters. The van der Waals surface area contributed by atoms with Crippen LogP contribution in [0.5, 0.6) is 0 Å². The van der Waals surface area contributed by atoms with Crippen molar-refractivity contribution in [2.75, 3.05) is 6.61 Å². The lowest BCUT2D eigenvalue weighted by atomic mass is 10.0. The number of benzene rings is 1. The second kappa shape index (κ2) is 9.88. The fourth-order valence-corrected chi connectivity index (χ4v) is 1.95. The molecule has 0 unspecified atom stereocenters. The third-order valence-corrected chi connectivity index (χ3v) is 3.06. The molecule has 1 aromatic rings. The van der Waals surface area contributed by atoms with Gasteiger partial charge in [0.15, 0.2) is 0 Å². The zero-order valence-electron chi connectivity index (χ0n) is 12.5. The maximum absolute atomic E-state index is 11.1. The van der Waals surface area contributed by atoms with Crippen molar-refractivity contribution in [1.29, 1.82) is 0 Å². The van der Waals surface area contributed by atoms with Crippen molar-refractivity contribution in [1.82, 2.24) is 0 Å². The Balaban J connectivity index is 2.40. The lowest BCUT2D eigenvalue weighted by molar-refractivity contribution is -0.149. The highest BCUT2D eigenvalue weighted by Crippen LogP contribution is 2.14. The van der Waals surface area contributed by atoms with E-state index in [9.17, 15) is 9.59 Å². The molecular weight excluding hydrogens is 268 g/mol. The van der Waals surface area contributed by atoms with Gasteiger partial charge < -0.3 is 9.47 Å². The molecule has 0 radical (unpaired) electrons. The monoisotopic (exact) mass is 290 g/mol. The predicted molar refractivity (Wildman–Crippen MR) is 80.6 cm³/mol. The van der Waals surface area contributed by atoms with Gasteiger partial charge in [0.1, 0.15) is 12.4 Å².